The van der Waals surface area contributed by atoms with Gasteiger partial charge in [-0.05, 0) is 24.1 Å². The van der Waals surface area contributed by atoms with Gasteiger partial charge in [0.25, 0.3) is 0 Å². The van der Waals surface area contributed by atoms with E-state index in [1.54, 1.807) is 23.3 Å². The van der Waals surface area contributed by atoms with Crippen molar-refractivity contribution in [3.05, 3.63) is 193 Å². The second-order valence-corrected chi connectivity index (χ2v) is 17.4. The van der Waals surface area contributed by atoms with Crippen molar-refractivity contribution in [2.24, 2.45) is 0 Å². The summed E-state index contributed by atoms with van der Waals surface area (Å²) >= 11 is 1.64. The molecule has 0 N–H and O–H groups in total. The first-order valence-electron chi connectivity index (χ1n) is 15.9. The van der Waals surface area contributed by atoms with Crippen molar-refractivity contribution in [1.29, 1.82) is 0 Å². The Morgan fingerprint density at radius 3 is 2.04 bits per heavy atom. The average Bonchev–Trinajstić information content (AvgIpc) is 3.72. The predicted molar refractivity (Wildman–Crippen MR) is 196 cm³/mol. The number of benzene rings is 6. The van der Waals surface area contributed by atoms with E-state index < -0.39 is 5.43 Å². The van der Waals surface area contributed by atoms with Gasteiger partial charge < -0.3 is 24.8 Å². The van der Waals surface area contributed by atoms with E-state index in [-0.39, 0.29) is 24.8 Å². The average molecular weight is 766 g/mol. The predicted octanol–water partition coefficient (Wildman–Crippen LogP) is 3.49. The molecule has 238 valence electrons. The molecule has 0 saturated carbocycles. The largest absolute Gasteiger partial charge is 0.179 e. The van der Waals surface area contributed by atoms with E-state index in [4.69, 9.17) is 0 Å². The van der Waals surface area contributed by atoms with Gasteiger partial charge in [0, 0.05) is 11.6 Å². The van der Waals surface area contributed by atoms with Crippen LogP contribution >= 0.6 is 0 Å². The molecule has 7 aromatic carbocycles. The van der Waals surface area contributed by atoms with Crippen molar-refractivity contribution >= 4 is 37.5 Å². The Hall–Kier alpha value is -3.98. The molecule has 0 radical (unpaired) electrons. The third-order valence-corrected chi connectivity index (χ3v) is 14.6. The summed E-state index contributed by atoms with van der Waals surface area (Å²) < 4.78 is 0. The van der Waals surface area contributed by atoms with Gasteiger partial charge in [0.2, 0.25) is 0 Å². The molecule has 1 aliphatic rings. The van der Waals surface area contributed by atoms with Crippen LogP contribution in [0.15, 0.2) is 170 Å². The van der Waals surface area contributed by atoms with Gasteiger partial charge in [-0.15, -0.1) is 40.1 Å². The van der Waals surface area contributed by atoms with E-state index in [0.717, 1.165) is 11.9 Å². The number of nitrogens with zero attached hydrogens (tertiary/aromatic N) is 1. The quantitative estimate of drug-likeness (QED) is 0.199. The molecule has 1 aromatic heterocycles. The molecule has 1 nitrogen and oxygen atoms in total. The van der Waals surface area contributed by atoms with Crippen LogP contribution in [-0.4, -0.2) is 10.4 Å². The van der Waals surface area contributed by atoms with Gasteiger partial charge in [-0.3, -0.25) is 4.98 Å². The Balaban J connectivity index is 0.000000145. The van der Waals surface area contributed by atoms with Crippen LogP contribution in [-0.2, 0) is 29.8 Å². The van der Waals surface area contributed by atoms with E-state index in [1.165, 1.54) is 65.5 Å². The standard InChI is InChI=1S/C19H14N.C13H9.C12H10Si.2ClH.Zr/c1-13-9-14-6-4-7-17(18(14)10-13)16-11-15-5-2-3-8-19(15)20-12-16;1-3-7-12-10(5-1)9-11-6-2-4-8-13(11)12;1-3-7-11(8-4-1)13-12-9-5-2-6-10-12;;;/h2-12H,1H3;1-5,7-8H,9H2;1-10H;2*1H;/q2*-1;;;;+2/p-2. The minimum atomic E-state index is -0.455. The zero-order chi connectivity index (χ0) is 32.0. The molecule has 0 aliphatic heterocycles. The fourth-order valence-electron chi connectivity index (χ4n) is 6.23. The first-order valence-corrected chi connectivity index (χ1v) is 21.1. The van der Waals surface area contributed by atoms with Gasteiger partial charge in [0.15, 0.2) is 0 Å². The van der Waals surface area contributed by atoms with E-state index in [1.807, 2.05) is 24.4 Å². The Morgan fingerprint density at radius 2 is 1.29 bits per heavy atom. The maximum Gasteiger partial charge on any atom is -0.0253 e. The van der Waals surface area contributed by atoms with Crippen LogP contribution in [0.5, 0.6) is 0 Å². The van der Waals surface area contributed by atoms with Crippen LogP contribution < -0.4 is 35.2 Å². The monoisotopic (exact) mass is 763 g/mol. The fourth-order valence-corrected chi connectivity index (χ4v) is 10.1. The van der Waals surface area contributed by atoms with E-state index in [2.05, 4.69) is 164 Å². The van der Waals surface area contributed by atoms with Crippen molar-refractivity contribution in [2.75, 3.05) is 0 Å². The Morgan fingerprint density at radius 1 is 0.653 bits per heavy atom. The molecule has 0 saturated heterocycles. The van der Waals surface area contributed by atoms with E-state index in [0.29, 0.717) is 0 Å². The molecule has 0 bridgehead atoms. The third-order valence-electron chi connectivity index (χ3n) is 8.54. The second-order valence-electron chi connectivity index (χ2n) is 11.8. The van der Waals surface area contributed by atoms with Crippen molar-refractivity contribution in [3.63, 3.8) is 0 Å². The number of halogens is 2. The second kappa shape index (κ2) is 17.1. The molecular weight excluding hydrogens is 733 g/mol. The molecule has 1 heterocycles. The molecule has 0 unspecified atom stereocenters. The molecule has 0 fully saturated rings. The summed E-state index contributed by atoms with van der Waals surface area (Å²) in [6, 6.07) is 61.2. The molecule has 49 heavy (non-hydrogen) atoms. The zero-order valence-corrected chi connectivity index (χ0v) is 32.0. The Labute approximate surface area is 316 Å². The van der Waals surface area contributed by atoms with Crippen molar-refractivity contribution < 1.29 is 48.1 Å². The normalized spacial score (nSPS) is 10.7. The van der Waals surface area contributed by atoms with E-state index in [9.17, 15) is 0 Å². The van der Waals surface area contributed by atoms with Gasteiger partial charge >= 0.3 is 99.8 Å². The zero-order valence-electron chi connectivity index (χ0n) is 27.1. The number of aryl methyl sites for hydroxylation is 1. The van der Waals surface area contributed by atoms with Gasteiger partial charge in [-0.1, -0.05) is 72.1 Å². The van der Waals surface area contributed by atoms with Crippen molar-refractivity contribution in [2.45, 2.75) is 13.3 Å². The van der Waals surface area contributed by atoms with Gasteiger partial charge in [-0.2, -0.15) is 35.9 Å². The number of pyridine rings is 1. The van der Waals surface area contributed by atoms with Crippen LogP contribution in [0.4, 0.5) is 0 Å². The SMILES string of the molecule is Cc1cc2c(-c3cnc4ccccc4c3)cccc2[cH-]1.[Cl-].[Cl-].[Zr+2]=[Si](c1ccccc1)c1ccccc1.[c-]1cccc2c1Cc1ccccc1-2. The first-order chi connectivity index (χ1) is 23.1. The van der Waals surface area contributed by atoms with Crippen molar-refractivity contribution in [1.82, 2.24) is 4.98 Å². The van der Waals surface area contributed by atoms with Crippen LogP contribution in [0, 0.1) is 13.0 Å². The van der Waals surface area contributed by atoms with Gasteiger partial charge in [0.05, 0.1) is 5.52 Å². The molecule has 1 aliphatic carbocycles. The number of aromatic nitrogens is 1. The smallest absolute Gasteiger partial charge is 0.0253 e. The molecule has 0 amide bonds. The minimum Gasteiger partial charge on any atom is -0.179 e. The summed E-state index contributed by atoms with van der Waals surface area (Å²) in [5.74, 6) is 0. The van der Waals surface area contributed by atoms with Crippen molar-refractivity contribution in [3.8, 4) is 22.3 Å². The molecule has 5 heteroatoms. The number of rotatable bonds is 3. The maximum absolute atomic E-state index is 4.57. The fraction of sp³-hybridized carbons (Fsp3) is 0.0455. The molecule has 0 spiro atoms. The molecular formula is C44H33Cl2NSiZr-2. The number of hydrogen-bond donors (Lipinski definition) is 0. The number of hydrogen-bond acceptors (Lipinski definition) is 1. The first kappa shape index (κ1) is 36.3. The van der Waals surface area contributed by atoms with Crippen LogP contribution in [0.3, 0.4) is 0 Å². The minimum absolute atomic E-state index is 0. The summed E-state index contributed by atoms with van der Waals surface area (Å²) in [5, 5.41) is 6.82. The summed E-state index contributed by atoms with van der Waals surface area (Å²) in [5.41, 5.74) is 9.84. The number of fused-ring (bicyclic) bond motifs is 5. The van der Waals surface area contributed by atoms with Crippen LogP contribution in [0.25, 0.3) is 43.9 Å². The summed E-state index contributed by atoms with van der Waals surface area (Å²) in [7, 11) is 0. The summed E-state index contributed by atoms with van der Waals surface area (Å²) in [6.07, 6.45) is 3.02. The van der Waals surface area contributed by atoms with E-state index >= 15 is 0 Å². The number of para-hydroxylation sites is 1. The third kappa shape index (κ3) is 8.43. The maximum atomic E-state index is 4.57. The summed E-state index contributed by atoms with van der Waals surface area (Å²) in [6.45, 7) is 2.14. The van der Waals surface area contributed by atoms with Gasteiger partial charge in [-0.25, -0.2) is 0 Å². The van der Waals surface area contributed by atoms with Crippen LogP contribution in [0.2, 0.25) is 0 Å². The topological polar surface area (TPSA) is 12.9 Å². The van der Waals surface area contributed by atoms with Crippen LogP contribution in [0.1, 0.15) is 16.7 Å². The molecule has 9 rings (SSSR count). The van der Waals surface area contributed by atoms with Gasteiger partial charge in [0.1, 0.15) is 0 Å². The summed E-state index contributed by atoms with van der Waals surface area (Å²) in [4.78, 5) is 4.57. The molecule has 0 atom stereocenters. The Kier molecular flexibility index (Phi) is 12.7. The molecule has 8 aromatic rings. The Bertz CT molecular complexity index is 2230.